The van der Waals surface area contributed by atoms with Crippen molar-refractivity contribution in [2.75, 3.05) is 0 Å². The van der Waals surface area contributed by atoms with Crippen LogP contribution < -0.4 is 0 Å². The van der Waals surface area contributed by atoms with Crippen molar-refractivity contribution in [3.63, 3.8) is 0 Å². The van der Waals surface area contributed by atoms with E-state index < -0.39 is 15.1 Å². The monoisotopic (exact) mass is 209 g/mol. The third-order valence-electron chi connectivity index (χ3n) is 1.27. The molecule has 0 aliphatic rings. The number of hydrogen-bond donors (Lipinski definition) is 0. The number of rotatable bonds is 1. The van der Waals surface area contributed by atoms with Gasteiger partial charge in [-0.2, -0.15) is 8.42 Å². The summed E-state index contributed by atoms with van der Waals surface area (Å²) in [5, 5.41) is 0.0943. The van der Waals surface area contributed by atoms with E-state index >= 15 is 0 Å². The molecule has 0 spiro atoms. The summed E-state index contributed by atoms with van der Waals surface area (Å²) in [6, 6.07) is 1.03. The van der Waals surface area contributed by atoms with Gasteiger partial charge in [0.25, 0.3) is 0 Å². The van der Waals surface area contributed by atoms with Crippen LogP contribution in [0, 0.1) is 6.92 Å². The predicted octanol–water partition coefficient (Wildman–Crippen LogP) is 1.70. The Morgan fingerprint density at radius 2 is 2.17 bits per heavy atom. The molecule has 0 amide bonds. The maximum atomic E-state index is 12.4. The lowest BCUT2D eigenvalue weighted by atomic mass is 10.4. The van der Waals surface area contributed by atoms with E-state index in [1.807, 2.05) is 0 Å². The average Bonchev–Trinajstić information content (AvgIpc) is 1.92. The molecule has 1 heterocycles. The molecule has 0 aliphatic carbocycles. The van der Waals surface area contributed by atoms with Gasteiger partial charge in [-0.15, -0.1) is 3.89 Å². The fourth-order valence-electron chi connectivity index (χ4n) is 0.736. The van der Waals surface area contributed by atoms with Crippen LogP contribution in [0.25, 0.3) is 0 Å². The summed E-state index contributed by atoms with van der Waals surface area (Å²) in [5.74, 6) is 0. The molecule has 6 heteroatoms. The van der Waals surface area contributed by atoms with Crippen LogP contribution in [-0.2, 0) is 10.2 Å². The van der Waals surface area contributed by atoms with Gasteiger partial charge in [0, 0.05) is 6.20 Å². The first-order valence-corrected chi connectivity index (χ1v) is 4.74. The highest BCUT2D eigenvalue weighted by Crippen LogP contribution is 2.19. The van der Waals surface area contributed by atoms with Crippen molar-refractivity contribution in [2.45, 2.75) is 11.8 Å². The van der Waals surface area contributed by atoms with Crippen LogP contribution in [0.2, 0.25) is 5.02 Å². The Labute approximate surface area is 74.4 Å². The van der Waals surface area contributed by atoms with Gasteiger partial charge in [-0.05, 0) is 13.0 Å². The van der Waals surface area contributed by atoms with E-state index in [0.29, 0.717) is 0 Å². The van der Waals surface area contributed by atoms with Crippen LogP contribution in [0.3, 0.4) is 0 Å². The second-order valence-electron chi connectivity index (χ2n) is 2.17. The van der Waals surface area contributed by atoms with Gasteiger partial charge in [0.2, 0.25) is 0 Å². The third-order valence-corrected chi connectivity index (χ3v) is 2.42. The fraction of sp³-hybridized carbons (Fsp3) is 0.167. The summed E-state index contributed by atoms with van der Waals surface area (Å²) >= 11 is 5.43. The molecule has 0 saturated heterocycles. The van der Waals surface area contributed by atoms with Crippen molar-refractivity contribution < 1.29 is 12.3 Å². The predicted molar refractivity (Wildman–Crippen MR) is 42.3 cm³/mol. The molecule has 3 nitrogen and oxygen atoms in total. The van der Waals surface area contributed by atoms with Gasteiger partial charge in [-0.3, -0.25) is 4.98 Å². The largest absolute Gasteiger partial charge is 0.333 e. The normalized spacial score (nSPS) is 11.6. The lowest BCUT2D eigenvalue weighted by Gasteiger charge is -1.98. The Morgan fingerprint density at radius 3 is 2.58 bits per heavy atom. The molecule has 0 unspecified atom stereocenters. The quantitative estimate of drug-likeness (QED) is 0.662. The molecule has 1 aromatic heterocycles. The average molecular weight is 210 g/mol. The van der Waals surface area contributed by atoms with E-state index in [0.717, 1.165) is 6.07 Å². The molecular weight excluding hydrogens is 205 g/mol. The van der Waals surface area contributed by atoms with E-state index in [2.05, 4.69) is 4.98 Å². The molecule has 0 aliphatic heterocycles. The third kappa shape index (κ3) is 1.92. The first-order chi connectivity index (χ1) is 5.41. The van der Waals surface area contributed by atoms with Gasteiger partial charge in [-0.25, -0.2) is 0 Å². The summed E-state index contributed by atoms with van der Waals surface area (Å²) in [4.78, 5) is 3.12. The van der Waals surface area contributed by atoms with Crippen molar-refractivity contribution in [3.8, 4) is 0 Å². The van der Waals surface area contributed by atoms with Gasteiger partial charge in [0.15, 0.2) is 0 Å². The molecule has 12 heavy (non-hydrogen) atoms. The van der Waals surface area contributed by atoms with E-state index in [1.165, 1.54) is 13.1 Å². The van der Waals surface area contributed by atoms with Gasteiger partial charge < -0.3 is 0 Å². The smallest absolute Gasteiger partial charge is 0.259 e. The number of aromatic nitrogens is 1. The standard InChI is InChI=1S/C6H5ClFNO2S/c1-4-6(12(8,10)11)2-5(7)3-9-4/h2-3H,1H3. The molecule has 1 aromatic rings. The van der Waals surface area contributed by atoms with Crippen molar-refractivity contribution in [2.24, 2.45) is 0 Å². The molecule has 1 rings (SSSR count). The summed E-state index contributed by atoms with van der Waals surface area (Å²) in [5.41, 5.74) is 0.0990. The van der Waals surface area contributed by atoms with Crippen LogP contribution in [0.5, 0.6) is 0 Å². The van der Waals surface area contributed by atoms with Crippen molar-refractivity contribution in [1.82, 2.24) is 4.98 Å². The van der Waals surface area contributed by atoms with Crippen LogP contribution in [0.4, 0.5) is 3.89 Å². The first kappa shape index (κ1) is 9.41. The summed E-state index contributed by atoms with van der Waals surface area (Å²) in [6.07, 6.45) is 1.26. The van der Waals surface area contributed by atoms with Gasteiger partial charge in [-0.1, -0.05) is 11.6 Å². The van der Waals surface area contributed by atoms with Crippen molar-refractivity contribution in [3.05, 3.63) is 23.0 Å². The summed E-state index contributed by atoms with van der Waals surface area (Å²) in [6.45, 7) is 1.39. The van der Waals surface area contributed by atoms with E-state index in [4.69, 9.17) is 11.6 Å². The SMILES string of the molecule is Cc1ncc(Cl)cc1S(=O)(=O)F. The number of hydrogen-bond acceptors (Lipinski definition) is 3. The van der Waals surface area contributed by atoms with Crippen molar-refractivity contribution in [1.29, 1.82) is 0 Å². The molecule has 0 atom stereocenters. The van der Waals surface area contributed by atoms with Crippen LogP contribution in [-0.4, -0.2) is 13.4 Å². The molecular formula is C6H5ClFNO2S. The maximum Gasteiger partial charge on any atom is 0.333 e. The molecule has 0 N–H and O–H groups in total. The van der Waals surface area contributed by atoms with E-state index in [1.54, 1.807) is 0 Å². The number of halogens is 2. The zero-order chi connectivity index (χ0) is 9.35. The van der Waals surface area contributed by atoms with Gasteiger partial charge >= 0.3 is 10.2 Å². The van der Waals surface area contributed by atoms with Gasteiger partial charge in [0.05, 0.1) is 10.7 Å². The van der Waals surface area contributed by atoms with E-state index in [-0.39, 0.29) is 10.7 Å². The molecule has 0 fully saturated rings. The number of pyridine rings is 1. The highest BCUT2D eigenvalue weighted by Gasteiger charge is 2.16. The first-order valence-electron chi connectivity index (χ1n) is 2.98. The Kier molecular flexibility index (Phi) is 2.34. The second-order valence-corrected chi connectivity index (χ2v) is 3.93. The van der Waals surface area contributed by atoms with E-state index in [9.17, 15) is 12.3 Å². The molecule has 66 valence electrons. The summed E-state index contributed by atoms with van der Waals surface area (Å²) in [7, 11) is -4.70. The number of aryl methyl sites for hydroxylation is 1. The molecule has 0 radical (unpaired) electrons. The lowest BCUT2D eigenvalue weighted by molar-refractivity contribution is 0.550. The number of nitrogens with zero attached hydrogens (tertiary/aromatic N) is 1. The minimum Gasteiger partial charge on any atom is -0.259 e. The topological polar surface area (TPSA) is 47.0 Å². The Hall–Kier alpha value is -0.680. The molecule has 0 bridgehead atoms. The molecule has 0 saturated carbocycles. The maximum absolute atomic E-state index is 12.4. The minimum atomic E-state index is -4.70. The zero-order valence-corrected chi connectivity index (χ0v) is 7.66. The molecule has 0 aromatic carbocycles. The highest BCUT2D eigenvalue weighted by atomic mass is 35.5. The lowest BCUT2D eigenvalue weighted by Crippen LogP contribution is -1.97. The Morgan fingerprint density at radius 1 is 1.58 bits per heavy atom. The zero-order valence-electron chi connectivity index (χ0n) is 6.08. The van der Waals surface area contributed by atoms with Crippen molar-refractivity contribution >= 4 is 21.8 Å². The van der Waals surface area contributed by atoms with Crippen LogP contribution in [0.15, 0.2) is 17.2 Å². The Balaban J connectivity index is 3.43. The minimum absolute atomic E-state index is 0.0943. The Bertz CT molecular complexity index is 404. The summed E-state index contributed by atoms with van der Waals surface area (Å²) < 4.78 is 33.3. The van der Waals surface area contributed by atoms with Crippen LogP contribution in [0.1, 0.15) is 5.69 Å². The van der Waals surface area contributed by atoms with Crippen LogP contribution >= 0.6 is 11.6 Å². The fourth-order valence-corrected chi connectivity index (χ4v) is 1.63. The van der Waals surface area contributed by atoms with Gasteiger partial charge in [0.1, 0.15) is 4.90 Å². The second kappa shape index (κ2) is 2.99. The highest BCUT2D eigenvalue weighted by molar-refractivity contribution is 7.86.